The molecule has 22 heavy (non-hydrogen) atoms. The molecule has 7 heteroatoms. The van der Waals surface area contributed by atoms with Gasteiger partial charge in [0.1, 0.15) is 5.60 Å². The maximum absolute atomic E-state index is 12.3. The van der Waals surface area contributed by atoms with Gasteiger partial charge in [0.2, 0.25) is 0 Å². The van der Waals surface area contributed by atoms with Crippen molar-refractivity contribution in [3.8, 4) is 0 Å². The number of ether oxygens (including phenoxy) is 2. The Hall–Kier alpha value is -1.34. The maximum Gasteiger partial charge on any atom is 0.410 e. The van der Waals surface area contributed by atoms with Crippen molar-refractivity contribution in [1.82, 2.24) is 9.88 Å². The largest absolute Gasteiger partial charge is 0.444 e. The molecule has 6 nitrogen and oxygen atoms in total. The zero-order valence-electron chi connectivity index (χ0n) is 13.7. The number of aromatic nitrogens is 1. The highest BCUT2D eigenvalue weighted by Crippen LogP contribution is 2.20. The second-order valence-electron chi connectivity index (χ2n) is 6.52. The van der Waals surface area contributed by atoms with E-state index in [-0.39, 0.29) is 18.2 Å². The first kappa shape index (κ1) is 17.0. The standard InChI is InChI=1S/C15H25N3O3S/c1-11(17-13-16-5-8-22-13)9-12-10-20-7-6-18(12)14(19)21-15(2,3)4/h5,8,11-12H,6-7,9-10H2,1-4H3,(H,16,17). The molecule has 1 aliphatic heterocycles. The minimum absolute atomic E-state index is 0.0195. The molecule has 0 radical (unpaired) electrons. The van der Waals surface area contributed by atoms with Gasteiger partial charge in [-0.1, -0.05) is 0 Å². The first-order valence-corrected chi connectivity index (χ1v) is 8.46. The van der Waals surface area contributed by atoms with Gasteiger partial charge < -0.3 is 19.7 Å². The van der Waals surface area contributed by atoms with Crippen molar-refractivity contribution in [2.75, 3.05) is 25.1 Å². The Kier molecular flexibility index (Phi) is 5.63. The van der Waals surface area contributed by atoms with Crippen LogP contribution in [0.25, 0.3) is 0 Å². The van der Waals surface area contributed by atoms with Crippen molar-refractivity contribution in [1.29, 1.82) is 0 Å². The van der Waals surface area contributed by atoms with Crippen LogP contribution >= 0.6 is 11.3 Å². The molecule has 2 atom stereocenters. The van der Waals surface area contributed by atoms with E-state index in [1.807, 2.05) is 26.2 Å². The third-order valence-corrected chi connectivity index (χ3v) is 3.99. The fourth-order valence-electron chi connectivity index (χ4n) is 2.38. The summed E-state index contributed by atoms with van der Waals surface area (Å²) in [4.78, 5) is 18.3. The van der Waals surface area contributed by atoms with Crippen LogP contribution in [0.2, 0.25) is 0 Å². The number of nitrogens with zero attached hydrogens (tertiary/aromatic N) is 2. The summed E-state index contributed by atoms with van der Waals surface area (Å²) in [6, 6.07) is 0.217. The molecule has 1 fully saturated rings. The lowest BCUT2D eigenvalue weighted by atomic mass is 10.1. The van der Waals surface area contributed by atoms with Gasteiger partial charge in [-0.05, 0) is 34.1 Å². The van der Waals surface area contributed by atoms with Crippen LogP contribution in [0.4, 0.5) is 9.93 Å². The topological polar surface area (TPSA) is 63.7 Å². The summed E-state index contributed by atoms with van der Waals surface area (Å²) >= 11 is 1.57. The van der Waals surface area contributed by atoms with Crippen molar-refractivity contribution in [3.63, 3.8) is 0 Å². The van der Waals surface area contributed by atoms with Crippen LogP contribution in [-0.4, -0.2) is 53.4 Å². The number of morpholine rings is 1. The first-order chi connectivity index (χ1) is 10.3. The van der Waals surface area contributed by atoms with E-state index in [4.69, 9.17) is 9.47 Å². The van der Waals surface area contributed by atoms with Crippen molar-refractivity contribution in [2.24, 2.45) is 0 Å². The highest BCUT2D eigenvalue weighted by molar-refractivity contribution is 7.13. The molecule has 0 aliphatic carbocycles. The zero-order chi connectivity index (χ0) is 16.2. The molecule has 0 bridgehead atoms. The molecule has 2 heterocycles. The lowest BCUT2D eigenvalue weighted by Gasteiger charge is -2.37. The molecule has 124 valence electrons. The number of amides is 1. The number of thiazole rings is 1. The number of rotatable bonds is 4. The minimum Gasteiger partial charge on any atom is -0.444 e. The van der Waals surface area contributed by atoms with Crippen molar-refractivity contribution in [2.45, 2.75) is 51.8 Å². The maximum atomic E-state index is 12.3. The highest BCUT2D eigenvalue weighted by Gasteiger charge is 2.31. The van der Waals surface area contributed by atoms with Gasteiger partial charge >= 0.3 is 6.09 Å². The summed E-state index contributed by atoms with van der Waals surface area (Å²) in [6.07, 6.45) is 2.30. The van der Waals surface area contributed by atoms with Gasteiger partial charge in [0.15, 0.2) is 5.13 Å². The second-order valence-corrected chi connectivity index (χ2v) is 7.42. The minimum atomic E-state index is -0.481. The molecular weight excluding hydrogens is 302 g/mol. The summed E-state index contributed by atoms with van der Waals surface area (Å²) in [5.41, 5.74) is -0.481. The Balaban J connectivity index is 1.92. The number of carbonyl (C=O) groups is 1. The number of hydrogen-bond donors (Lipinski definition) is 1. The van der Waals surface area contributed by atoms with Gasteiger partial charge in [-0.15, -0.1) is 11.3 Å². The predicted molar refractivity (Wildman–Crippen MR) is 87.4 cm³/mol. The van der Waals surface area contributed by atoms with Gasteiger partial charge in [0.25, 0.3) is 0 Å². The van der Waals surface area contributed by atoms with Gasteiger partial charge in [-0.2, -0.15) is 0 Å². The lowest BCUT2D eigenvalue weighted by molar-refractivity contribution is -0.0345. The van der Waals surface area contributed by atoms with Crippen LogP contribution in [0.3, 0.4) is 0 Å². The molecular formula is C15H25N3O3S. The predicted octanol–water partition coefficient (Wildman–Crippen LogP) is 2.97. The van der Waals surface area contributed by atoms with Gasteiger partial charge in [-0.3, -0.25) is 0 Å². The van der Waals surface area contributed by atoms with Crippen LogP contribution in [0.15, 0.2) is 11.6 Å². The Labute approximate surface area is 135 Å². The van der Waals surface area contributed by atoms with E-state index in [0.29, 0.717) is 19.8 Å². The molecule has 2 unspecified atom stereocenters. The molecule has 1 aromatic rings. The summed E-state index contributed by atoms with van der Waals surface area (Å²) in [5.74, 6) is 0. The number of hydrogen-bond acceptors (Lipinski definition) is 6. The average molecular weight is 327 g/mol. The zero-order valence-corrected chi connectivity index (χ0v) is 14.5. The number of carbonyl (C=O) groups excluding carboxylic acids is 1. The molecule has 1 N–H and O–H groups in total. The fraction of sp³-hybridized carbons (Fsp3) is 0.733. The lowest BCUT2D eigenvalue weighted by Crippen LogP contribution is -2.51. The van der Waals surface area contributed by atoms with Crippen molar-refractivity contribution < 1.29 is 14.3 Å². The summed E-state index contributed by atoms with van der Waals surface area (Å²) < 4.78 is 11.0. The SMILES string of the molecule is CC(CC1COCCN1C(=O)OC(C)(C)C)Nc1nccs1. The van der Waals surface area contributed by atoms with E-state index in [0.717, 1.165) is 11.6 Å². The molecule has 1 amide bonds. The molecule has 0 aromatic carbocycles. The van der Waals surface area contributed by atoms with E-state index in [9.17, 15) is 4.79 Å². The van der Waals surface area contributed by atoms with Gasteiger partial charge in [0, 0.05) is 24.2 Å². The van der Waals surface area contributed by atoms with Crippen LogP contribution in [0.5, 0.6) is 0 Å². The second kappa shape index (κ2) is 7.28. The molecule has 1 saturated heterocycles. The normalized spacial score (nSPS) is 20.5. The number of anilines is 1. The van der Waals surface area contributed by atoms with Crippen molar-refractivity contribution >= 4 is 22.6 Å². The Morgan fingerprint density at radius 1 is 1.64 bits per heavy atom. The number of nitrogens with one attached hydrogen (secondary N) is 1. The molecule has 2 rings (SSSR count). The van der Waals surface area contributed by atoms with E-state index >= 15 is 0 Å². The Morgan fingerprint density at radius 3 is 3.05 bits per heavy atom. The Bertz CT molecular complexity index is 473. The summed E-state index contributed by atoms with van der Waals surface area (Å²) in [7, 11) is 0. The first-order valence-electron chi connectivity index (χ1n) is 7.58. The molecule has 0 saturated carbocycles. The smallest absolute Gasteiger partial charge is 0.410 e. The third-order valence-electron chi connectivity index (χ3n) is 3.28. The van der Waals surface area contributed by atoms with Crippen molar-refractivity contribution in [3.05, 3.63) is 11.6 Å². The monoisotopic (exact) mass is 327 g/mol. The highest BCUT2D eigenvalue weighted by atomic mass is 32.1. The third kappa shape index (κ3) is 5.14. The van der Waals surface area contributed by atoms with Gasteiger partial charge in [0.05, 0.1) is 19.3 Å². The van der Waals surface area contributed by atoms with E-state index < -0.39 is 5.60 Å². The summed E-state index contributed by atoms with van der Waals surface area (Å²) in [5, 5.41) is 6.18. The Morgan fingerprint density at radius 2 is 2.41 bits per heavy atom. The van der Waals surface area contributed by atoms with Gasteiger partial charge in [-0.25, -0.2) is 9.78 Å². The molecule has 1 aromatic heterocycles. The van der Waals surface area contributed by atoms with Crippen LogP contribution in [0, 0.1) is 0 Å². The fourth-order valence-corrected chi connectivity index (χ4v) is 3.03. The van der Waals surface area contributed by atoms with Crippen LogP contribution < -0.4 is 5.32 Å². The van der Waals surface area contributed by atoms with Crippen LogP contribution in [-0.2, 0) is 9.47 Å². The molecule has 1 aliphatic rings. The van der Waals surface area contributed by atoms with E-state index in [1.54, 1.807) is 22.4 Å². The summed E-state index contributed by atoms with van der Waals surface area (Å²) in [6.45, 7) is 9.41. The average Bonchev–Trinajstić information content (AvgIpc) is 2.90. The van der Waals surface area contributed by atoms with Crippen LogP contribution in [0.1, 0.15) is 34.1 Å². The quantitative estimate of drug-likeness (QED) is 0.921. The molecule has 0 spiro atoms. The van der Waals surface area contributed by atoms with E-state index in [2.05, 4.69) is 17.2 Å². The van der Waals surface area contributed by atoms with E-state index in [1.165, 1.54) is 0 Å².